The number of benzene rings is 1. The van der Waals surface area contributed by atoms with Gasteiger partial charge in [0.15, 0.2) is 5.82 Å². The molecule has 0 radical (unpaired) electrons. The number of H-pyrrole nitrogens is 1. The summed E-state index contributed by atoms with van der Waals surface area (Å²) < 4.78 is 0. The topological polar surface area (TPSA) is 67.6 Å². The zero-order chi connectivity index (χ0) is 16.1. The largest absolute Gasteiger partial charge is 0.328 e. The van der Waals surface area contributed by atoms with Crippen molar-refractivity contribution in [3.8, 4) is 11.4 Å². The molecule has 0 bridgehead atoms. The Morgan fingerprint density at radius 2 is 1.64 bits per heavy atom. The summed E-state index contributed by atoms with van der Waals surface area (Å²) in [7, 11) is 0. The Hall–Kier alpha value is -1.10. The fourth-order valence-electron chi connectivity index (χ4n) is 2.66. The van der Waals surface area contributed by atoms with Crippen LogP contribution in [0.3, 0.4) is 0 Å². The standard InChI is InChI=1S/C14H16Cl2N4.C2H6/c15-10-5-9(6-11(16)7-10)14-18-13(19-20-14)8-1-3-12(17)4-2-8;1-2/h5-8,12H,1-4,17H2,(H,18,19,20);1-2H3. The summed E-state index contributed by atoms with van der Waals surface area (Å²) in [6.07, 6.45) is 4.21. The maximum atomic E-state index is 6.01. The summed E-state index contributed by atoms with van der Waals surface area (Å²) in [4.78, 5) is 4.59. The molecule has 6 heteroatoms. The van der Waals surface area contributed by atoms with E-state index in [1.807, 2.05) is 26.0 Å². The van der Waals surface area contributed by atoms with Crippen LogP contribution in [-0.4, -0.2) is 21.2 Å². The van der Waals surface area contributed by atoms with E-state index in [0.29, 0.717) is 27.8 Å². The van der Waals surface area contributed by atoms with Crippen molar-refractivity contribution in [2.75, 3.05) is 0 Å². The molecule has 1 saturated carbocycles. The third-order valence-corrected chi connectivity index (χ3v) is 4.22. The van der Waals surface area contributed by atoms with Crippen LogP contribution in [0.2, 0.25) is 10.0 Å². The molecule has 1 fully saturated rings. The van der Waals surface area contributed by atoms with E-state index >= 15 is 0 Å². The summed E-state index contributed by atoms with van der Waals surface area (Å²) in [5, 5.41) is 8.49. The zero-order valence-electron chi connectivity index (χ0n) is 12.9. The minimum Gasteiger partial charge on any atom is -0.328 e. The Labute approximate surface area is 141 Å². The van der Waals surface area contributed by atoms with E-state index in [4.69, 9.17) is 28.9 Å². The second-order valence-electron chi connectivity index (χ2n) is 5.31. The molecule has 0 amide bonds. The fraction of sp³-hybridized carbons (Fsp3) is 0.500. The molecule has 0 atom stereocenters. The Morgan fingerprint density at radius 3 is 2.23 bits per heavy atom. The van der Waals surface area contributed by atoms with Gasteiger partial charge in [-0.15, -0.1) is 0 Å². The van der Waals surface area contributed by atoms with Gasteiger partial charge in [0.2, 0.25) is 0 Å². The highest BCUT2D eigenvalue weighted by molar-refractivity contribution is 6.35. The van der Waals surface area contributed by atoms with Crippen LogP contribution in [-0.2, 0) is 0 Å². The molecule has 3 rings (SSSR count). The predicted octanol–water partition coefficient (Wildman–Crippen LogP) is 4.79. The van der Waals surface area contributed by atoms with Crippen molar-refractivity contribution in [2.45, 2.75) is 51.5 Å². The van der Waals surface area contributed by atoms with Gasteiger partial charge in [-0.1, -0.05) is 37.0 Å². The maximum Gasteiger partial charge on any atom is 0.181 e. The molecule has 1 aromatic heterocycles. The first-order valence-corrected chi connectivity index (χ1v) is 8.52. The lowest BCUT2D eigenvalue weighted by Crippen LogP contribution is -2.26. The average Bonchev–Trinajstić information content (AvgIpc) is 2.99. The average molecular weight is 341 g/mol. The van der Waals surface area contributed by atoms with Crippen LogP contribution in [0.15, 0.2) is 18.2 Å². The second-order valence-corrected chi connectivity index (χ2v) is 6.19. The SMILES string of the molecule is CC.NC1CCC(c2nc(-c3cc(Cl)cc(Cl)c3)n[nH]2)CC1. The smallest absolute Gasteiger partial charge is 0.181 e. The summed E-state index contributed by atoms with van der Waals surface area (Å²) in [6, 6.07) is 5.66. The van der Waals surface area contributed by atoms with Gasteiger partial charge in [-0.2, -0.15) is 5.10 Å². The van der Waals surface area contributed by atoms with E-state index in [1.165, 1.54) is 0 Å². The first kappa shape index (κ1) is 17.3. The predicted molar refractivity (Wildman–Crippen MR) is 92.4 cm³/mol. The van der Waals surface area contributed by atoms with Crippen LogP contribution >= 0.6 is 23.2 Å². The molecular weight excluding hydrogens is 319 g/mol. The van der Waals surface area contributed by atoms with Crippen LogP contribution in [0.4, 0.5) is 0 Å². The minimum atomic E-state index is 0.334. The molecule has 22 heavy (non-hydrogen) atoms. The van der Waals surface area contributed by atoms with Gasteiger partial charge in [0.05, 0.1) is 0 Å². The van der Waals surface area contributed by atoms with Gasteiger partial charge in [-0.25, -0.2) is 4.98 Å². The molecule has 120 valence electrons. The molecule has 3 N–H and O–H groups in total. The first-order valence-electron chi connectivity index (χ1n) is 7.76. The summed E-state index contributed by atoms with van der Waals surface area (Å²) in [5.41, 5.74) is 6.76. The molecule has 0 unspecified atom stereocenters. The highest BCUT2D eigenvalue weighted by Crippen LogP contribution is 2.31. The molecule has 1 aliphatic carbocycles. The lowest BCUT2D eigenvalue weighted by Gasteiger charge is -2.23. The number of rotatable bonds is 2. The lowest BCUT2D eigenvalue weighted by molar-refractivity contribution is 0.385. The van der Waals surface area contributed by atoms with E-state index in [0.717, 1.165) is 37.1 Å². The van der Waals surface area contributed by atoms with Crippen LogP contribution in [0.5, 0.6) is 0 Å². The van der Waals surface area contributed by atoms with Crippen molar-refractivity contribution in [3.05, 3.63) is 34.1 Å². The summed E-state index contributed by atoms with van der Waals surface area (Å²) >= 11 is 12.0. The van der Waals surface area contributed by atoms with Crippen molar-refractivity contribution in [3.63, 3.8) is 0 Å². The molecule has 0 spiro atoms. The van der Waals surface area contributed by atoms with Crippen molar-refractivity contribution < 1.29 is 0 Å². The van der Waals surface area contributed by atoms with Gasteiger partial charge in [-0.3, -0.25) is 5.10 Å². The number of hydrogen-bond donors (Lipinski definition) is 2. The van der Waals surface area contributed by atoms with Gasteiger partial charge in [0.25, 0.3) is 0 Å². The third kappa shape index (κ3) is 4.22. The van der Waals surface area contributed by atoms with E-state index in [2.05, 4.69) is 15.2 Å². The van der Waals surface area contributed by atoms with Gasteiger partial charge in [0, 0.05) is 27.6 Å². The lowest BCUT2D eigenvalue weighted by atomic mass is 9.86. The van der Waals surface area contributed by atoms with E-state index < -0.39 is 0 Å². The molecule has 0 aliphatic heterocycles. The van der Waals surface area contributed by atoms with Crippen molar-refractivity contribution in [1.82, 2.24) is 15.2 Å². The van der Waals surface area contributed by atoms with E-state index in [9.17, 15) is 0 Å². The molecule has 1 heterocycles. The molecule has 4 nitrogen and oxygen atoms in total. The number of nitrogens with zero attached hydrogens (tertiary/aromatic N) is 2. The molecule has 2 aromatic rings. The highest BCUT2D eigenvalue weighted by Gasteiger charge is 2.23. The van der Waals surface area contributed by atoms with Crippen LogP contribution < -0.4 is 5.73 Å². The normalized spacial score (nSPS) is 21.1. The summed E-state index contributed by atoms with van der Waals surface area (Å²) in [6.45, 7) is 4.00. The fourth-order valence-corrected chi connectivity index (χ4v) is 3.19. The molecule has 1 aliphatic rings. The quantitative estimate of drug-likeness (QED) is 0.825. The summed E-state index contributed by atoms with van der Waals surface area (Å²) in [5.74, 6) is 1.99. The van der Waals surface area contributed by atoms with Crippen LogP contribution in [0.25, 0.3) is 11.4 Å². The Balaban J connectivity index is 0.000000847. The van der Waals surface area contributed by atoms with Crippen molar-refractivity contribution in [1.29, 1.82) is 0 Å². The van der Waals surface area contributed by atoms with E-state index in [1.54, 1.807) is 6.07 Å². The Kier molecular flexibility index (Phi) is 6.24. The molecular formula is C16H22Cl2N4. The van der Waals surface area contributed by atoms with Crippen molar-refractivity contribution >= 4 is 23.2 Å². The molecule has 0 saturated heterocycles. The zero-order valence-corrected chi connectivity index (χ0v) is 14.5. The first-order chi connectivity index (χ1) is 10.6. The number of aromatic nitrogens is 3. The third-order valence-electron chi connectivity index (χ3n) is 3.78. The Morgan fingerprint density at radius 1 is 1.05 bits per heavy atom. The van der Waals surface area contributed by atoms with Crippen LogP contribution in [0, 0.1) is 0 Å². The van der Waals surface area contributed by atoms with Gasteiger partial charge in [-0.05, 0) is 43.9 Å². The van der Waals surface area contributed by atoms with E-state index in [-0.39, 0.29) is 0 Å². The van der Waals surface area contributed by atoms with Crippen molar-refractivity contribution in [2.24, 2.45) is 5.73 Å². The number of nitrogens with one attached hydrogen (secondary N) is 1. The number of aromatic amines is 1. The maximum absolute atomic E-state index is 6.01. The number of hydrogen-bond acceptors (Lipinski definition) is 3. The number of halogens is 2. The minimum absolute atomic E-state index is 0.334. The molecule has 1 aromatic carbocycles. The van der Waals surface area contributed by atoms with Crippen LogP contribution in [0.1, 0.15) is 51.3 Å². The second kappa shape index (κ2) is 7.95. The van der Waals surface area contributed by atoms with Gasteiger partial charge in [0.1, 0.15) is 5.82 Å². The highest BCUT2D eigenvalue weighted by atomic mass is 35.5. The monoisotopic (exact) mass is 340 g/mol. The number of nitrogens with two attached hydrogens (primary N) is 1. The van der Waals surface area contributed by atoms with Gasteiger partial charge < -0.3 is 5.73 Å². The van der Waals surface area contributed by atoms with Gasteiger partial charge >= 0.3 is 0 Å². The Bertz CT molecular complexity index is 584.